The molecule has 0 bridgehead atoms. The van der Waals surface area contributed by atoms with E-state index in [2.05, 4.69) is 0 Å². The van der Waals surface area contributed by atoms with Crippen molar-refractivity contribution >= 4 is 5.97 Å². The van der Waals surface area contributed by atoms with Gasteiger partial charge < -0.3 is 14.6 Å². The molecule has 1 aliphatic rings. The Kier molecular flexibility index (Phi) is 2.99. The molecule has 4 nitrogen and oxygen atoms in total. The van der Waals surface area contributed by atoms with E-state index >= 15 is 0 Å². The number of fused-ring (bicyclic) bond motifs is 1. The lowest BCUT2D eigenvalue weighted by atomic mass is 10.0. The van der Waals surface area contributed by atoms with Crippen molar-refractivity contribution in [2.24, 2.45) is 0 Å². The Morgan fingerprint density at radius 3 is 3.12 bits per heavy atom. The molecule has 0 unspecified atom stereocenters. The standard InChI is InChI=1S/C12H14O4/c1-2-15-12(14)8-6-10(13)9-4-3-5-16-11(9)7-8/h6-7,13H,2-5H2,1H3. The minimum absolute atomic E-state index is 0.111. The second-order valence-corrected chi connectivity index (χ2v) is 3.64. The fourth-order valence-electron chi connectivity index (χ4n) is 1.77. The van der Waals surface area contributed by atoms with Crippen LogP contribution in [0.3, 0.4) is 0 Å². The van der Waals surface area contributed by atoms with Gasteiger partial charge in [-0.15, -0.1) is 0 Å². The summed E-state index contributed by atoms with van der Waals surface area (Å²) < 4.78 is 10.3. The van der Waals surface area contributed by atoms with E-state index in [1.54, 1.807) is 13.0 Å². The molecule has 1 aliphatic heterocycles. The van der Waals surface area contributed by atoms with E-state index in [4.69, 9.17) is 9.47 Å². The first-order chi connectivity index (χ1) is 7.72. The zero-order valence-electron chi connectivity index (χ0n) is 9.16. The molecule has 2 rings (SSSR count). The zero-order valence-corrected chi connectivity index (χ0v) is 9.16. The highest BCUT2D eigenvalue weighted by atomic mass is 16.5. The third-order valence-electron chi connectivity index (χ3n) is 2.53. The van der Waals surface area contributed by atoms with Gasteiger partial charge in [-0.1, -0.05) is 0 Å². The minimum atomic E-state index is -0.435. The Morgan fingerprint density at radius 1 is 1.56 bits per heavy atom. The molecule has 0 saturated carbocycles. The van der Waals surface area contributed by atoms with Gasteiger partial charge in [-0.2, -0.15) is 0 Å². The van der Waals surface area contributed by atoms with Gasteiger partial charge in [-0.05, 0) is 31.9 Å². The van der Waals surface area contributed by atoms with Crippen molar-refractivity contribution in [1.82, 2.24) is 0 Å². The summed E-state index contributed by atoms with van der Waals surface area (Å²) >= 11 is 0. The molecule has 1 N–H and O–H groups in total. The van der Waals surface area contributed by atoms with E-state index in [0.717, 1.165) is 18.4 Å². The number of hydrogen-bond acceptors (Lipinski definition) is 4. The van der Waals surface area contributed by atoms with Crippen LogP contribution in [0.5, 0.6) is 11.5 Å². The fourth-order valence-corrected chi connectivity index (χ4v) is 1.77. The zero-order chi connectivity index (χ0) is 11.5. The normalized spacial score (nSPS) is 13.8. The van der Waals surface area contributed by atoms with Crippen molar-refractivity contribution in [3.8, 4) is 11.5 Å². The highest BCUT2D eigenvalue weighted by Crippen LogP contribution is 2.33. The van der Waals surface area contributed by atoms with Gasteiger partial charge in [-0.3, -0.25) is 0 Å². The molecule has 1 heterocycles. The number of benzene rings is 1. The third kappa shape index (κ3) is 1.96. The summed E-state index contributed by atoms with van der Waals surface area (Å²) in [6, 6.07) is 3.07. The van der Waals surface area contributed by atoms with Crippen LogP contribution in [0.25, 0.3) is 0 Å². The lowest BCUT2D eigenvalue weighted by molar-refractivity contribution is 0.0525. The molecule has 1 aromatic carbocycles. The van der Waals surface area contributed by atoms with Gasteiger partial charge in [0.05, 0.1) is 18.8 Å². The van der Waals surface area contributed by atoms with Crippen molar-refractivity contribution in [2.45, 2.75) is 19.8 Å². The Balaban J connectivity index is 2.35. The number of rotatable bonds is 2. The van der Waals surface area contributed by atoms with Gasteiger partial charge in [0.15, 0.2) is 0 Å². The molecule has 86 valence electrons. The van der Waals surface area contributed by atoms with Gasteiger partial charge in [0.1, 0.15) is 11.5 Å². The number of phenols is 1. The molecule has 0 radical (unpaired) electrons. The second-order valence-electron chi connectivity index (χ2n) is 3.64. The highest BCUT2D eigenvalue weighted by Gasteiger charge is 2.18. The largest absolute Gasteiger partial charge is 0.508 e. The van der Waals surface area contributed by atoms with E-state index < -0.39 is 5.97 Å². The Hall–Kier alpha value is -1.71. The second kappa shape index (κ2) is 4.43. The third-order valence-corrected chi connectivity index (χ3v) is 2.53. The highest BCUT2D eigenvalue weighted by molar-refractivity contribution is 5.90. The number of esters is 1. The first-order valence-corrected chi connectivity index (χ1v) is 5.38. The predicted molar refractivity (Wildman–Crippen MR) is 57.9 cm³/mol. The summed E-state index contributed by atoms with van der Waals surface area (Å²) in [7, 11) is 0. The van der Waals surface area contributed by atoms with E-state index in [9.17, 15) is 9.90 Å². The van der Waals surface area contributed by atoms with Gasteiger partial charge in [-0.25, -0.2) is 4.79 Å². The van der Waals surface area contributed by atoms with Crippen LogP contribution in [0.15, 0.2) is 12.1 Å². The molecule has 0 saturated heterocycles. The first kappa shape index (κ1) is 10.8. The number of aromatic hydroxyl groups is 1. The van der Waals surface area contributed by atoms with E-state index in [0.29, 0.717) is 24.5 Å². The average molecular weight is 222 g/mol. The Morgan fingerprint density at radius 2 is 2.38 bits per heavy atom. The molecular weight excluding hydrogens is 208 g/mol. The number of ether oxygens (including phenoxy) is 2. The van der Waals surface area contributed by atoms with Crippen molar-refractivity contribution < 1.29 is 19.4 Å². The Labute approximate surface area is 93.8 Å². The summed E-state index contributed by atoms with van der Waals surface area (Å²) in [6.45, 7) is 2.68. The number of carbonyl (C=O) groups is 1. The van der Waals surface area contributed by atoms with Gasteiger partial charge >= 0.3 is 5.97 Å². The molecule has 0 fully saturated rings. The predicted octanol–water partition coefficient (Wildman–Crippen LogP) is 1.89. The lowest BCUT2D eigenvalue weighted by Crippen LogP contribution is -2.11. The molecule has 0 atom stereocenters. The van der Waals surface area contributed by atoms with Crippen LogP contribution in [-0.2, 0) is 11.2 Å². The van der Waals surface area contributed by atoms with Crippen LogP contribution in [0, 0.1) is 0 Å². The SMILES string of the molecule is CCOC(=O)c1cc(O)c2c(c1)OCCC2. The number of phenolic OH excluding ortho intramolecular Hbond substituents is 1. The summed E-state index contributed by atoms with van der Waals surface area (Å²) in [5.74, 6) is 0.268. The molecule has 4 heteroatoms. The maximum absolute atomic E-state index is 11.5. The van der Waals surface area contributed by atoms with Gasteiger partial charge in [0, 0.05) is 5.56 Å². The number of carbonyl (C=O) groups excluding carboxylic acids is 1. The molecule has 0 aromatic heterocycles. The molecule has 16 heavy (non-hydrogen) atoms. The molecule has 1 aromatic rings. The molecule has 0 aliphatic carbocycles. The first-order valence-electron chi connectivity index (χ1n) is 5.38. The monoisotopic (exact) mass is 222 g/mol. The van der Waals surface area contributed by atoms with Crippen molar-refractivity contribution in [1.29, 1.82) is 0 Å². The van der Waals surface area contributed by atoms with Crippen molar-refractivity contribution in [3.63, 3.8) is 0 Å². The van der Waals surface area contributed by atoms with Gasteiger partial charge in [0.25, 0.3) is 0 Å². The van der Waals surface area contributed by atoms with Crippen molar-refractivity contribution in [3.05, 3.63) is 23.3 Å². The fraction of sp³-hybridized carbons (Fsp3) is 0.417. The summed E-state index contributed by atoms with van der Waals surface area (Å²) in [5, 5.41) is 9.77. The topological polar surface area (TPSA) is 55.8 Å². The van der Waals surface area contributed by atoms with E-state index in [-0.39, 0.29) is 5.75 Å². The van der Waals surface area contributed by atoms with Crippen molar-refractivity contribution in [2.75, 3.05) is 13.2 Å². The van der Waals surface area contributed by atoms with Crippen LogP contribution in [0.2, 0.25) is 0 Å². The maximum atomic E-state index is 11.5. The Bertz CT molecular complexity index is 412. The van der Waals surface area contributed by atoms with E-state index in [1.807, 2.05) is 0 Å². The lowest BCUT2D eigenvalue weighted by Gasteiger charge is -2.18. The summed E-state index contributed by atoms with van der Waals surface area (Å²) in [6.07, 6.45) is 1.67. The van der Waals surface area contributed by atoms with Crippen LogP contribution >= 0.6 is 0 Å². The summed E-state index contributed by atoms with van der Waals surface area (Å²) in [4.78, 5) is 11.5. The molecule has 0 amide bonds. The van der Waals surface area contributed by atoms with E-state index in [1.165, 1.54) is 6.07 Å². The average Bonchev–Trinajstić information content (AvgIpc) is 2.29. The smallest absolute Gasteiger partial charge is 0.338 e. The minimum Gasteiger partial charge on any atom is -0.508 e. The molecule has 0 spiro atoms. The van der Waals surface area contributed by atoms with Crippen LogP contribution in [-0.4, -0.2) is 24.3 Å². The quantitative estimate of drug-likeness (QED) is 0.776. The van der Waals surface area contributed by atoms with Crippen LogP contribution in [0.1, 0.15) is 29.3 Å². The van der Waals surface area contributed by atoms with Gasteiger partial charge in [0.2, 0.25) is 0 Å². The van der Waals surface area contributed by atoms with Crippen LogP contribution in [0.4, 0.5) is 0 Å². The van der Waals surface area contributed by atoms with Crippen LogP contribution < -0.4 is 4.74 Å². The number of hydrogen-bond donors (Lipinski definition) is 1. The maximum Gasteiger partial charge on any atom is 0.338 e. The molecular formula is C12H14O4. The summed E-state index contributed by atoms with van der Waals surface area (Å²) in [5.41, 5.74) is 1.11.